The SMILES string of the molecule is Cc1cc(F)cc(C(=O)N2CCCC(C)C2CNc2nc3ccc(F)cc3o2)c1-n1nccn1. The molecule has 0 radical (unpaired) electrons. The van der Waals surface area contributed by atoms with Crippen molar-refractivity contribution in [3.63, 3.8) is 0 Å². The van der Waals surface area contributed by atoms with Gasteiger partial charge in [-0.1, -0.05) is 6.92 Å². The van der Waals surface area contributed by atoms with Crippen LogP contribution in [0.15, 0.2) is 47.1 Å². The Morgan fingerprint density at radius 2 is 1.97 bits per heavy atom. The number of benzene rings is 2. The molecular formula is C24H24F2N6O2. The number of aromatic nitrogens is 4. The van der Waals surface area contributed by atoms with Gasteiger partial charge in [-0.3, -0.25) is 4.79 Å². The first-order valence-corrected chi connectivity index (χ1v) is 11.2. The second kappa shape index (κ2) is 8.85. The van der Waals surface area contributed by atoms with E-state index >= 15 is 0 Å². The van der Waals surface area contributed by atoms with E-state index in [0.717, 1.165) is 12.8 Å². The lowest BCUT2D eigenvalue weighted by atomic mass is 9.89. The number of nitrogens with one attached hydrogen (secondary N) is 1. The summed E-state index contributed by atoms with van der Waals surface area (Å²) in [4.78, 5) is 21.2. The summed E-state index contributed by atoms with van der Waals surface area (Å²) >= 11 is 0. The third kappa shape index (κ3) is 4.11. The van der Waals surface area contributed by atoms with Gasteiger partial charge in [0.1, 0.15) is 22.8 Å². The first kappa shape index (κ1) is 22.0. The van der Waals surface area contributed by atoms with E-state index < -0.39 is 11.6 Å². The van der Waals surface area contributed by atoms with E-state index in [2.05, 4.69) is 27.4 Å². The van der Waals surface area contributed by atoms with Crippen LogP contribution in [0.5, 0.6) is 0 Å². The molecule has 10 heteroatoms. The molecule has 0 bridgehead atoms. The van der Waals surface area contributed by atoms with Gasteiger partial charge in [-0.05, 0) is 55.5 Å². The van der Waals surface area contributed by atoms with Crippen LogP contribution in [-0.4, -0.2) is 49.9 Å². The molecule has 8 nitrogen and oxygen atoms in total. The maximum Gasteiger partial charge on any atom is 0.295 e. The monoisotopic (exact) mass is 466 g/mol. The predicted molar refractivity (Wildman–Crippen MR) is 122 cm³/mol. The number of carbonyl (C=O) groups is 1. The zero-order valence-corrected chi connectivity index (χ0v) is 18.8. The van der Waals surface area contributed by atoms with Crippen molar-refractivity contribution in [3.8, 4) is 5.69 Å². The van der Waals surface area contributed by atoms with E-state index in [1.807, 2.05) is 0 Å². The Labute approximate surface area is 194 Å². The maximum atomic E-state index is 14.4. The molecular weight excluding hydrogens is 442 g/mol. The molecule has 2 aromatic heterocycles. The fourth-order valence-corrected chi connectivity index (χ4v) is 4.63. The summed E-state index contributed by atoms with van der Waals surface area (Å²) in [5, 5.41) is 11.5. The molecule has 5 rings (SSSR count). The lowest BCUT2D eigenvalue weighted by molar-refractivity contribution is 0.0538. The molecule has 1 aliphatic heterocycles. The van der Waals surface area contributed by atoms with Crippen molar-refractivity contribution in [1.29, 1.82) is 0 Å². The van der Waals surface area contributed by atoms with Gasteiger partial charge in [0.05, 0.1) is 24.0 Å². The molecule has 2 unspecified atom stereocenters. The molecule has 0 aliphatic carbocycles. The van der Waals surface area contributed by atoms with Crippen LogP contribution in [0.3, 0.4) is 0 Å². The van der Waals surface area contributed by atoms with E-state index in [1.54, 1.807) is 17.9 Å². The van der Waals surface area contributed by atoms with Gasteiger partial charge in [-0.2, -0.15) is 20.0 Å². The Balaban J connectivity index is 1.43. The maximum absolute atomic E-state index is 14.4. The van der Waals surface area contributed by atoms with Crippen molar-refractivity contribution < 1.29 is 18.0 Å². The molecule has 1 fully saturated rings. The molecule has 1 aliphatic rings. The number of aryl methyl sites for hydroxylation is 1. The third-order valence-corrected chi connectivity index (χ3v) is 6.30. The number of nitrogens with zero attached hydrogens (tertiary/aromatic N) is 5. The minimum Gasteiger partial charge on any atom is -0.423 e. The average molecular weight is 466 g/mol. The number of piperidine rings is 1. The summed E-state index contributed by atoms with van der Waals surface area (Å²) in [5.74, 6) is -0.989. The number of hydrogen-bond acceptors (Lipinski definition) is 6. The first-order valence-electron chi connectivity index (χ1n) is 11.2. The van der Waals surface area contributed by atoms with Crippen LogP contribution in [-0.2, 0) is 0 Å². The molecule has 2 aromatic carbocycles. The van der Waals surface area contributed by atoms with E-state index in [4.69, 9.17) is 4.42 Å². The Kier molecular flexibility index (Phi) is 5.72. The molecule has 176 valence electrons. The Hall–Kier alpha value is -3.82. The first-order chi connectivity index (χ1) is 16.4. The third-order valence-electron chi connectivity index (χ3n) is 6.30. The van der Waals surface area contributed by atoms with Gasteiger partial charge in [0.2, 0.25) is 0 Å². The molecule has 0 spiro atoms. The second-order valence-corrected chi connectivity index (χ2v) is 8.63. The fraction of sp³-hybridized carbons (Fsp3) is 0.333. The Morgan fingerprint density at radius 3 is 2.76 bits per heavy atom. The highest BCUT2D eigenvalue weighted by atomic mass is 19.1. The second-order valence-electron chi connectivity index (χ2n) is 8.63. The van der Waals surface area contributed by atoms with Crippen molar-refractivity contribution >= 4 is 23.0 Å². The number of anilines is 1. The quantitative estimate of drug-likeness (QED) is 0.471. The van der Waals surface area contributed by atoms with Gasteiger partial charge in [0.15, 0.2) is 5.58 Å². The van der Waals surface area contributed by atoms with Gasteiger partial charge < -0.3 is 14.6 Å². The molecule has 3 heterocycles. The number of likely N-dealkylation sites (tertiary alicyclic amines) is 1. The van der Waals surface area contributed by atoms with Gasteiger partial charge in [0.25, 0.3) is 11.9 Å². The standard InChI is InChI=1S/C24H24F2N6O2/c1-14-4-3-9-31(20(14)13-27-24-30-19-6-5-16(25)12-21(19)34-24)23(33)18-11-17(26)10-15(2)22(18)32-28-7-8-29-32/h5-8,10-12,14,20H,3-4,9,13H2,1-2H3,(H,27,30). The van der Waals surface area contributed by atoms with E-state index in [9.17, 15) is 13.6 Å². The molecule has 34 heavy (non-hydrogen) atoms. The lowest BCUT2D eigenvalue weighted by Gasteiger charge is -2.40. The number of hydrogen-bond donors (Lipinski definition) is 1. The summed E-state index contributed by atoms with van der Waals surface area (Å²) < 4.78 is 33.5. The van der Waals surface area contributed by atoms with Crippen LogP contribution < -0.4 is 5.32 Å². The Morgan fingerprint density at radius 1 is 1.18 bits per heavy atom. The summed E-state index contributed by atoms with van der Waals surface area (Å²) in [5.41, 5.74) is 2.13. The van der Waals surface area contributed by atoms with Crippen molar-refractivity contribution in [3.05, 3.63) is 65.5 Å². The molecule has 0 saturated carbocycles. The molecule has 1 amide bonds. The summed E-state index contributed by atoms with van der Waals surface area (Å²) in [7, 11) is 0. The summed E-state index contributed by atoms with van der Waals surface area (Å²) in [6.45, 7) is 4.73. The minimum absolute atomic E-state index is 0.185. The largest absolute Gasteiger partial charge is 0.423 e. The van der Waals surface area contributed by atoms with Crippen molar-refractivity contribution in [1.82, 2.24) is 24.9 Å². The molecule has 1 saturated heterocycles. The average Bonchev–Trinajstić information content (AvgIpc) is 3.46. The fourth-order valence-electron chi connectivity index (χ4n) is 4.63. The molecule has 4 aromatic rings. The van der Waals surface area contributed by atoms with Gasteiger partial charge in [-0.25, -0.2) is 8.78 Å². The summed E-state index contributed by atoms with van der Waals surface area (Å²) in [6, 6.07) is 6.84. The van der Waals surface area contributed by atoms with Gasteiger partial charge >= 0.3 is 0 Å². The number of oxazole rings is 1. The van der Waals surface area contributed by atoms with Gasteiger partial charge in [-0.15, -0.1) is 0 Å². The summed E-state index contributed by atoms with van der Waals surface area (Å²) in [6.07, 6.45) is 4.82. The van der Waals surface area contributed by atoms with Crippen molar-refractivity contribution in [2.24, 2.45) is 5.92 Å². The number of halogens is 2. The van der Waals surface area contributed by atoms with Gasteiger partial charge in [0, 0.05) is 19.2 Å². The lowest BCUT2D eigenvalue weighted by Crippen LogP contribution is -2.51. The van der Waals surface area contributed by atoms with Crippen LogP contribution in [0.2, 0.25) is 0 Å². The predicted octanol–water partition coefficient (Wildman–Crippen LogP) is 4.35. The number of rotatable bonds is 5. The van der Waals surface area contributed by atoms with E-state index in [-0.39, 0.29) is 29.4 Å². The number of amides is 1. The highest BCUT2D eigenvalue weighted by Crippen LogP contribution is 2.29. The molecule has 2 atom stereocenters. The smallest absolute Gasteiger partial charge is 0.295 e. The zero-order chi connectivity index (χ0) is 23.8. The number of carbonyl (C=O) groups excluding carboxylic acids is 1. The van der Waals surface area contributed by atoms with Crippen LogP contribution in [0.1, 0.15) is 35.7 Å². The molecule has 1 N–H and O–H groups in total. The zero-order valence-electron chi connectivity index (χ0n) is 18.8. The number of fused-ring (bicyclic) bond motifs is 1. The van der Waals surface area contributed by atoms with E-state index in [1.165, 1.54) is 41.5 Å². The van der Waals surface area contributed by atoms with Crippen LogP contribution in [0, 0.1) is 24.5 Å². The van der Waals surface area contributed by atoms with Crippen molar-refractivity contribution in [2.75, 3.05) is 18.4 Å². The van der Waals surface area contributed by atoms with Crippen molar-refractivity contribution in [2.45, 2.75) is 32.7 Å². The van der Waals surface area contributed by atoms with Crippen LogP contribution in [0.25, 0.3) is 16.8 Å². The van der Waals surface area contributed by atoms with Crippen LogP contribution >= 0.6 is 0 Å². The Bertz CT molecular complexity index is 1340. The van der Waals surface area contributed by atoms with E-state index in [0.29, 0.717) is 35.4 Å². The normalized spacial score (nSPS) is 18.4. The highest BCUT2D eigenvalue weighted by molar-refractivity contribution is 5.98. The van der Waals surface area contributed by atoms with Crippen LogP contribution in [0.4, 0.5) is 14.8 Å². The topological polar surface area (TPSA) is 89.1 Å². The minimum atomic E-state index is -0.491. The highest BCUT2D eigenvalue weighted by Gasteiger charge is 2.34.